The molecule has 0 bridgehead atoms. The topological polar surface area (TPSA) is 17.1 Å². The van der Waals surface area contributed by atoms with Crippen molar-refractivity contribution in [3.8, 4) is 0 Å². The molecule has 0 aromatic heterocycles. The molecular weight excluding hydrogens is 244 g/mol. The standard InChI is InChI=1S/C16H23ClO/c1-11(10-16(3,4)5)8-15(18)14-7-6-13(17)9-12(14)2/h6-7,9,11H,8,10H2,1-5H3. The van der Waals surface area contributed by atoms with Gasteiger partial charge in [-0.2, -0.15) is 0 Å². The Morgan fingerprint density at radius 3 is 2.44 bits per heavy atom. The lowest BCUT2D eigenvalue weighted by Crippen LogP contribution is -2.14. The summed E-state index contributed by atoms with van der Waals surface area (Å²) in [6.07, 6.45) is 1.67. The van der Waals surface area contributed by atoms with Gasteiger partial charge in [0.2, 0.25) is 0 Å². The van der Waals surface area contributed by atoms with Crippen molar-refractivity contribution in [3.63, 3.8) is 0 Å². The van der Waals surface area contributed by atoms with Crippen molar-refractivity contribution < 1.29 is 4.79 Å². The molecule has 1 aromatic rings. The monoisotopic (exact) mass is 266 g/mol. The molecule has 0 aliphatic carbocycles. The van der Waals surface area contributed by atoms with Crippen LogP contribution in [-0.2, 0) is 0 Å². The number of halogens is 1. The first kappa shape index (κ1) is 15.2. The summed E-state index contributed by atoms with van der Waals surface area (Å²) in [6.45, 7) is 10.7. The lowest BCUT2D eigenvalue weighted by Gasteiger charge is -2.22. The van der Waals surface area contributed by atoms with Gasteiger partial charge >= 0.3 is 0 Å². The Hall–Kier alpha value is -0.820. The van der Waals surface area contributed by atoms with E-state index in [1.54, 1.807) is 6.07 Å². The fourth-order valence-corrected chi connectivity index (χ4v) is 2.71. The number of benzene rings is 1. The van der Waals surface area contributed by atoms with E-state index in [1.165, 1.54) is 0 Å². The third-order valence-electron chi connectivity index (χ3n) is 2.98. The molecule has 1 nitrogen and oxygen atoms in total. The highest BCUT2D eigenvalue weighted by atomic mass is 35.5. The molecule has 0 aliphatic rings. The Balaban J connectivity index is 2.71. The van der Waals surface area contributed by atoms with Gasteiger partial charge in [-0.15, -0.1) is 0 Å². The zero-order chi connectivity index (χ0) is 13.9. The van der Waals surface area contributed by atoms with E-state index in [0.29, 0.717) is 17.4 Å². The molecule has 1 atom stereocenters. The number of rotatable bonds is 4. The summed E-state index contributed by atoms with van der Waals surface area (Å²) in [5, 5.41) is 0.687. The van der Waals surface area contributed by atoms with E-state index in [2.05, 4.69) is 27.7 Å². The first-order valence-corrected chi connectivity index (χ1v) is 6.86. The van der Waals surface area contributed by atoms with E-state index >= 15 is 0 Å². The van der Waals surface area contributed by atoms with Crippen molar-refractivity contribution in [3.05, 3.63) is 34.3 Å². The van der Waals surface area contributed by atoms with Gasteiger partial charge in [0.25, 0.3) is 0 Å². The zero-order valence-electron chi connectivity index (χ0n) is 12.0. The number of hydrogen-bond donors (Lipinski definition) is 0. The highest BCUT2D eigenvalue weighted by molar-refractivity contribution is 6.30. The van der Waals surface area contributed by atoms with Crippen LogP contribution in [0.3, 0.4) is 0 Å². The second-order valence-electron chi connectivity index (χ2n) is 6.46. The van der Waals surface area contributed by atoms with Gasteiger partial charge in [0.15, 0.2) is 5.78 Å². The minimum absolute atomic E-state index is 0.223. The van der Waals surface area contributed by atoms with Gasteiger partial charge in [0.1, 0.15) is 0 Å². The van der Waals surface area contributed by atoms with Crippen molar-refractivity contribution >= 4 is 17.4 Å². The number of hydrogen-bond acceptors (Lipinski definition) is 1. The largest absolute Gasteiger partial charge is 0.294 e. The molecule has 18 heavy (non-hydrogen) atoms. The second kappa shape index (κ2) is 5.88. The van der Waals surface area contributed by atoms with Gasteiger partial charge in [0, 0.05) is 17.0 Å². The van der Waals surface area contributed by atoms with Gasteiger partial charge in [-0.25, -0.2) is 0 Å². The molecule has 1 unspecified atom stereocenters. The zero-order valence-corrected chi connectivity index (χ0v) is 12.8. The van der Waals surface area contributed by atoms with Crippen LogP contribution >= 0.6 is 11.6 Å². The number of Topliss-reactive ketones (excluding diaryl/α,β-unsaturated/α-hetero) is 1. The Labute approximate surface area is 116 Å². The Morgan fingerprint density at radius 2 is 1.94 bits per heavy atom. The fraction of sp³-hybridized carbons (Fsp3) is 0.562. The van der Waals surface area contributed by atoms with Crippen LogP contribution in [0, 0.1) is 18.3 Å². The van der Waals surface area contributed by atoms with Gasteiger partial charge in [-0.1, -0.05) is 39.3 Å². The second-order valence-corrected chi connectivity index (χ2v) is 6.89. The van der Waals surface area contributed by atoms with Crippen molar-refractivity contribution in [2.45, 2.75) is 47.5 Å². The van der Waals surface area contributed by atoms with Crippen LogP contribution in [0.15, 0.2) is 18.2 Å². The summed E-state index contributed by atoms with van der Waals surface area (Å²) in [5.41, 5.74) is 2.05. The van der Waals surface area contributed by atoms with Crippen molar-refractivity contribution in [2.75, 3.05) is 0 Å². The molecule has 0 amide bonds. The highest BCUT2D eigenvalue weighted by Crippen LogP contribution is 2.27. The Morgan fingerprint density at radius 1 is 1.33 bits per heavy atom. The third-order valence-corrected chi connectivity index (χ3v) is 3.22. The number of ketones is 1. The number of carbonyl (C=O) groups excluding carboxylic acids is 1. The van der Waals surface area contributed by atoms with E-state index in [9.17, 15) is 4.79 Å². The summed E-state index contributed by atoms with van der Waals surface area (Å²) in [6, 6.07) is 5.48. The van der Waals surface area contributed by atoms with E-state index in [-0.39, 0.29) is 11.2 Å². The minimum atomic E-state index is 0.223. The van der Waals surface area contributed by atoms with Crippen LogP contribution in [0.25, 0.3) is 0 Å². The molecule has 0 N–H and O–H groups in total. The van der Waals surface area contributed by atoms with Gasteiger partial charge < -0.3 is 0 Å². The highest BCUT2D eigenvalue weighted by Gasteiger charge is 2.19. The lowest BCUT2D eigenvalue weighted by molar-refractivity contribution is 0.0953. The summed E-state index contributed by atoms with van der Waals surface area (Å²) < 4.78 is 0. The number of carbonyl (C=O) groups is 1. The summed E-state index contributed by atoms with van der Waals surface area (Å²) in [7, 11) is 0. The van der Waals surface area contributed by atoms with Gasteiger partial charge in [-0.3, -0.25) is 4.79 Å². The molecule has 0 fully saturated rings. The quantitative estimate of drug-likeness (QED) is 0.677. The summed E-state index contributed by atoms with van der Waals surface area (Å²) in [5.74, 6) is 0.633. The van der Waals surface area contributed by atoms with Crippen LogP contribution < -0.4 is 0 Å². The van der Waals surface area contributed by atoms with Crippen molar-refractivity contribution in [2.24, 2.45) is 11.3 Å². The molecular formula is C16H23ClO. The van der Waals surface area contributed by atoms with E-state index in [1.807, 2.05) is 19.1 Å². The molecule has 0 radical (unpaired) electrons. The minimum Gasteiger partial charge on any atom is -0.294 e. The average Bonchev–Trinajstić information content (AvgIpc) is 2.13. The summed E-state index contributed by atoms with van der Waals surface area (Å²) in [4.78, 5) is 12.2. The van der Waals surface area contributed by atoms with Crippen LogP contribution in [0.4, 0.5) is 0 Å². The summed E-state index contributed by atoms with van der Waals surface area (Å²) >= 11 is 5.90. The van der Waals surface area contributed by atoms with Crippen LogP contribution in [0.5, 0.6) is 0 Å². The van der Waals surface area contributed by atoms with E-state index < -0.39 is 0 Å². The van der Waals surface area contributed by atoms with E-state index in [4.69, 9.17) is 11.6 Å². The lowest BCUT2D eigenvalue weighted by atomic mass is 9.82. The van der Waals surface area contributed by atoms with E-state index in [0.717, 1.165) is 17.5 Å². The normalized spacial score (nSPS) is 13.4. The average molecular weight is 267 g/mol. The van der Waals surface area contributed by atoms with Gasteiger partial charge in [0.05, 0.1) is 0 Å². The first-order valence-electron chi connectivity index (χ1n) is 6.48. The SMILES string of the molecule is Cc1cc(Cl)ccc1C(=O)CC(C)CC(C)(C)C. The maximum Gasteiger partial charge on any atom is 0.163 e. The maximum atomic E-state index is 12.2. The van der Waals surface area contributed by atoms with Crippen molar-refractivity contribution in [1.29, 1.82) is 0 Å². The van der Waals surface area contributed by atoms with Crippen LogP contribution in [-0.4, -0.2) is 5.78 Å². The molecule has 0 heterocycles. The maximum absolute atomic E-state index is 12.2. The van der Waals surface area contributed by atoms with Crippen molar-refractivity contribution in [1.82, 2.24) is 0 Å². The van der Waals surface area contributed by atoms with Crippen LogP contribution in [0.2, 0.25) is 5.02 Å². The molecule has 0 aliphatic heterocycles. The van der Waals surface area contributed by atoms with Crippen LogP contribution in [0.1, 0.15) is 56.5 Å². The molecule has 1 rings (SSSR count). The smallest absolute Gasteiger partial charge is 0.163 e. The molecule has 2 heteroatoms. The Kier molecular flexibility index (Phi) is 4.98. The van der Waals surface area contributed by atoms with Gasteiger partial charge in [-0.05, 0) is 48.4 Å². The molecule has 0 spiro atoms. The Bertz CT molecular complexity index is 429. The predicted octanol–water partition coefficient (Wildman–Crippen LogP) is 5.29. The molecule has 0 saturated carbocycles. The predicted molar refractivity (Wildman–Crippen MR) is 78.4 cm³/mol. The third kappa shape index (κ3) is 4.81. The number of aryl methyl sites for hydroxylation is 1. The molecule has 1 aromatic carbocycles. The molecule has 0 saturated heterocycles. The fourth-order valence-electron chi connectivity index (χ4n) is 2.48. The first-order chi connectivity index (χ1) is 8.19. The molecule has 100 valence electrons.